The fourth-order valence-electron chi connectivity index (χ4n) is 4.31. The number of aromatic nitrogens is 1. The normalized spacial score (nSPS) is 26.5. The van der Waals surface area contributed by atoms with Gasteiger partial charge in [0.05, 0.1) is 5.56 Å². The lowest BCUT2D eigenvalue weighted by atomic mass is 9.74. The van der Waals surface area contributed by atoms with Gasteiger partial charge >= 0.3 is 6.18 Å². The van der Waals surface area contributed by atoms with Crippen molar-refractivity contribution in [1.82, 2.24) is 9.47 Å². The van der Waals surface area contributed by atoms with Crippen LogP contribution in [0, 0.1) is 11.8 Å². The van der Waals surface area contributed by atoms with E-state index in [1.165, 1.54) is 0 Å². The first-order valence-electron chi connectivity index (χ1n) is 8.93. The lowest BCUT2D eigenvalue weighted by Crippen LogP contribution is -2.51. The van der Waals surface area contributed by atoms with E-state index in [1.807, 2.05) is 0 Å². The smallest absolute Gasteiger partial charge is 0.338 e. The average molecular weight is 391 g/mol. The molecule has 1 aliphatic carbocycles. The molecular weight excluding hydrogens is 369 g/mol. The van der Waals surface area contributed by atoms with E-state index < -0.39 is 28.9 Å². The Kier molecular flexibility index (Phi) is 5.37. The van der Waals surface area contributed by atoms with Crippen molar-refractivity contribution in [2.75, 3.05) is 6.54 Å². The molecule has 144 valence electrons. The van der Waals surface area contributed by atoms with Gasteiger partial charge in [-0.3, -0.25) is 9.59 Å². The fourth-order valence-corrected chi connectivity index (χ4v) is 4.54. The predicted octanol–water partition coefficient (Wildman–Crippen LogP) is 3.95. The van der Waals surface area contributed by atoms with Crippen LogP contribution in [-0.4, -0.2) is 28.0 Å². The molecule has 2 heterocycles. The number of amides is 1. The zero-order chi connectivity index (χ0) is 19.1. The van der Waals surface area contributed by atoms with Crippen LogP contribution in [0.2, 0.25) is 5.02 Å². The lowest BCUT2D eigenvalue weighted by molar-refractivity contribution is -0.140. The minimum absolute atomic E-state index is 0.129. The highest BCUT2D eigenvalue weighted by atomic mass is 35.5. The molecule has 0 N–H and O–H groups in total. The van der Waals surface area contributed by atoms with Gasteiger partial charge in [-0.1, -0.05) is 18.5 Å². The summed E-state index contributed by atoms with van der Waals surface area (Å²) in [4.78, 5) is 26.6. The number of hydrogen-bond donors (Lipinski definition) is 0. The number of likely N-dealkylation sites (tertiary alicyclic amines) is 1. The van der Waals surface area contributed by atoms with Crippen molar-refractivity contribution < 1.29 is 18.0 Å². The molecule has 1 aromatic rings. The number of hydrogen-bond acceptors (Lipinski definition) is 2. The third-order valence-electron chi connectivity index (χ3n) is 5.57. The number of rotatable bonds is 2. The summed E-state index contributed by atoms with van der Waals surface area (Å²) in [7, 11) is 0. The first-order valence-corrected chi connectivity index (χ1v) is 9.31. The van der Waals surface area contributed by atoms with Crippen molar-refractivity contribution in [1.29, 1.82) is 0 Å². The molecule has 0 aromatic carbocycles. The Morgan fingerprint density at radius 3 is 2.73 bits per heavy atom. The topological polar surface area (TPSA) is 42.3 Å². The van der Waals surface area contributed by atoms with Gasteiger partial charge in [-0.25, -0.2) is 0 Å². The average Bonchev–Trinajstić information content (AvgIpc) is 2.56. The van der Waals surface area contributed by atoms with Gasteiger partial charge in [0, 0.05) is 18.8 Å². The highest BCUT2D eigenvalue weighted by molar-refractivity contribution is 6.30. The molecule has 1 amide bonds. The second-order valence-corrected chi connectivity index (χ2v) is 7.89. The second-order valence-electron chi connectivity index (χ2n) is 7.48. The van der Waals surface area contributed by atoms with E-state index in [-0.39, 0.29) is 11.9 Å². The van der Waals surface area contributed by atoms with E-state index in [2.05, 4.69) is 6.92 Å². The third kappa shape index (κ3) is 3.92. The van der Waals surface area contributed by atoms with Crippen LogP contribution in [0.4, 0.5) is 13.2 Å². The van der Waals surface area contributed by atoms with Crippen molar-refractivity contribution in [2.24, 2.45) is 11.8 Å². The predicted molar refractivity (Wildman–Crippen MR) is 92.0 cm³/mol. The summed E-state index contributed by atoms with van der Waals surface area (Å²) >= 11 is 5.66. The molecule has 1 aromatic heterocycles. The van der Waals surface area contributed by atoms with E-state index in [9.17, 15) is 22.8 Å². The molecule has 2 fully saturated rings. The second kappa shape index (κ2) is 7.25. The maximum Gasteiger partial charge on any atom is 0.417 e. The van der Waals surface area contributed by atoms with Crippen LogP contribution < -0.4 is 5.56 Å². The van der Waals surface area contributed by atoms with Gasteiger partial charge in [-0.2, -0.15) is 13.2 Å². The molecule has 0 radical (unpaired) electrons. The summed E-state index contributed by atoms with van der Waals surface area (Å²) in [5.41, 5.74) is -1.81. The largest absolute Gasteiger partial charge is 0.417 e. The Bertz CT molecular complexity index is 747. The number of nitrogens with zero attached hydrogens (tertiary/aromatic N) is 2. The molecule has 1 saturated heterocycles. The van der Waals surface area contributed by atoms with E-state index in [1.54, 1.807) is 4.90 Å². The summed E-state index contributed by atoms with van der Waals surface area (Å²) in [6.07, 6.45) is 1.04. The quantitative estimate of drug-likeness (QED) is 0.767. The van der Waals surface area contributed by atoms with E-state index in [0.717, 1.165) is 36.7 Å². The molecule has 1 aliphatic heterocycles. The monoisotopic (exact) mass is 390 g/mol. The number of carbonyl (C=O) groups excluding carboxylic acids is 1. The van der Waals surface area contributed by atoms with Crippen molar-refractivity contribution >= 4 is 17.5 Å². The fraction of sp³-hybridized carbons (Fsp3) is 0.667. The van der Waals surface area contributed by atoms with Gasteiger partial charge in [-0.05, 0) is 50.0 Å². The molecule has 0 bridgehead atoms. The first-order chi connectivity index (χ1) is 12.2. The Morgan fingerprint density at radius 1 is 1.31 bits per heavy atom. The van der Waals surface area contributed by atoms with Crippen molar-refractivity contribution in [3.05, 3.63) is 33.2 Å². The van der Waals surface area contributed by atoms with Gasteiger partial charge < -0.3 is 9.47 Å². The maximum atomic E-state index is 13.0. The minimum atomic E-state index is -4.63. The molecule has 4 nitrogen and oxygen atoms in total. The maximum absolute atomic E-state index is 13.0. The van der Waals surface area contributed by atoms with Crippen molar-refractivity contribution in [3.8, 4) is 0 Å². The Labute approximate surface area is 154 Å². The number of halogens is 4. The molecule has 1 saturated carbocycles. The minimum Gasteiger partial charge on any atom is -0.338 e. The molecule has 3 rings (SSSR count). The molecular formula is C18H22ClF3N2O2. The van der Waals surface area contributed by atoms with Crippen LogP contribution in [0.25, 0.3) is 0 Å². The number of fused-ring (bicyclic) bond motifs is 1. The van der Waals surface area contributed by atoms with Gasteiger partial charge in [0.1, 0.15) is 11.6 Å². The van der Waals surface area contributed by atoms with Gasteiger partial charge in [-0.15, -0.1) is 0 Å². The van der Waals surface area contributed by atoms with Crippen LogP contribution in [0.3, 0.4) is 0 Å². The summed E-state index contributed by atoms with van der Waals surface area (Å²) in [5.74, 6) is 0.765. The lowest BCUT2D eigenvalue weighted by Gasteiger charge is -2.45. The standard InChI is InChI=1S/C18H22ClF3N2O2/c1-11-4-5-15-12(7-11)3-2-6-24(15)16(25)10-23-9-13(18(20,21)22)8-14(19)17(23)26/h8-9,11-12,15H,2-7,10H2,1H3. The van der Waals surface area contributed by atoms with Gasteiger partial charge in [0.15, 0.2) is 0 Å². The van der Waals surface area contributed by atoms with Crippen LogP contribution in [-0.2, 0) is 17.5 Å². The Hall–Kier alpha value is -1.50. The molecule has 8 heteroatoms. The first kappa shape index (κ1) is 19.3. The molecule has 26 heavy (non-hydrogen) atoms. The van der Waals surface area contributed by atoms with Crippen molar-refractivity contribution in [3.63, 3.8) is 0 Å². The van der Waals surface area contributed by atoms with Gasteiger partial charge in [0.25, 0.3) is 5.56 Å². The zero-order valence-electron chi connectivity index (χ0n) is 14.6. The number of alkyl halides is 3. The van der Waals surface area contributed by atoms with E-state index in [0.29, 0.717) is 30.6 Å². The van der Waals surface area contributed by atoms with E-state index in [4.69, 9.17) is 11.6 Å². The highest BCUT2D eigenvalue weighted by Gasteiger charge is 2.38. The van der Waals surface area contributed by atoms with E-state index >= 15 is 0 Å². The number of pyridine rings is 1. The van der Waals surface area contributed by atoms with Crippen molar-refractivity contribution in [2.45, 2.75) is 57.8 Å². The molecule has 2 aliphatic rings. The number of carbonyl (C=O) groups is 1. The van der Waals surface area contributed by atoms with Crippen LogP contribution in [0.5, 0.6) is 0 Å². The Balaban J connectivity index is 1.81. The summed E-state index contributed by atoms with van der Waals surface area (Å²) in [6.45, 7) is 2.39. The van der Waals surface area contributed by atoms with Crippen LogP contribution in [0.1, 0.15) is 44.6 Å². The summed E-state index contributed by atoms with van der Waals surface area (Å²) in [6, 6.07) is 0.731. The van der Waals surface area contributed by atoms with Gasteiger partial charge in [0.2, 0.25) is 5.91 Å². The van der Waals surface area contributed by atoms with Crippen LogP contribution in [0.15, 0.2) is 17.1 Å². The molecule has 3 atom stereocenters. The highest BCUT2D eigenvalue weighted by Crippen LogP contribution is 2.38. The SMILES string of the molecule is CC1CCC2C(CCCN2C(=O)Cn2cc(C(F)(F)F)cc(Cl)c2=O)C1. The zero-order valence-corrected chi connectivity index (χ0v) is 15.3. The third-order valence-corrected chi connectivity index (χ3v) is 5.85. The number of piperidine rings is 1. The summed E-state index contributed by atoms with van der Waals surface area (Å²) < 4.78 is 39.7. The molecule has 0 spiro atoms. The molecule has 3 unspecified atom stereocenters. The summed E-state index contributed by atoms with van der Waals surface area (Å²) in [5, 5.41) is -0.532. The van der Waals surface area contributed by atoms with Crippen LogP contribution >= 0.6 is 11.6 Å². The Morgan fingerprint density at radius 2 is 2.04 bits per heavy atom.